The first-order valence-corrected chi connectivity index (χ1v) is 14.9. The molecule has 2 unspecified atom stereocenters. The number of aliphatic hydroxyl groups is 3. The topological polar surface area (TPSA) is 278 Å². The fraction of sp³-hybridized carbons (Fsp3) is 0.500. The van der Waals surface area contributed by atoms with Gasteiger partial charge in [-0.25, -0.2) is 19.9 Å². The summed E-state index contributed by atoms with van der Waals surface area (Å²) in [6.45, 7) is -0.284. The van der Waals surface area contributed by atoms with Crippen molar-refractivity contribution in [3.05, 3.63) is 37.2 Å². The Morgan fingerprint density at radius 1 is 0.864 bits per heavy atom. The Bertz CT molecular complexity index is 1630. The van der Waals surface area contributed by atoms with Crippen LogP contribution in [0.2, 0.25) is 0 Å². The van der Waals surface area contributed by atoms with Gasteiger partial charge in [0, 0.05) is 26.6 Å². The molecule has 0 spiro atoms. The number of hydrogen-bond donors (Lipinski definition) is 7. The first-order valence-electron chi connectivity index (χ1n) is 13.1. The zero-order valence-corrected chi connectivity index (χ0v) is 24.4. The molecule has 2 aliphatic rings. The molecule has 240 valence electrons. The second-order valence-corrected chi connectivity index (χ2v) is 11.5. The van der Waals surface area contributed by atoms with E-state index in [4.69, 9.17) is 44.9 Å². The van der Waals surface area contributed by atoms with Gasteiger partial charge in [-0.2, -0.15) is 0 Å². The Morgan fingerprint density at radius 2 is 1.36 bits per heavy atom. The second-order valence-electron chi connectivity index (χ2n) is 9.92. The van der Waals surface area contributed by atoms with Crippen LogP contribution in [-0.4, -0.2) is 118 Å². The molecule has 4 aromatic rings. The van der Waals surface area contributed by atoms with Crippen LogP contribution in [0, 0.1) is 0 Å². The number of ether oxygens (including phenoxy) is 5. The molecule has 6 heterocycles. The Hall–Kier alpha value is -3.33. The van der Waals surface area contributed by atoms with E-state index >= 15 is 0 Å². The number of nitrogens with zero attached hydrogens (tertiary/aromatic N) is 6. The normalized spacial score (nSPS) is 28.9. The summed E-state index contributed by atoms with van der Waals surface area (Å²) >= 11 is 0. The maximum absolute atomic E-state index is 10.9. The van der Waals surface area contributed by atoms with Gasteiger partial charge >= 0.3 is 7.60 Å². The molecule has 0 aromatic carbocycles. The lowest BCUT2D eigenvalue weighted by atomic mass is 10.1. The third kappa shape index (κ3) is 6.12. The highest BCUT2D eigenvalue weighted by Crippen LogP contribution is 2.39. The van der Waals surface area contributed by atoms with Crippen molar-refractivity contribution in [2.75, 3.05) is 38.6 Å². The van der Waals surface area contributed by atoms with Crippen molar-refractivity contribution >= 4 is 41.3 Å². The maximum atomic E-state index is 10.9. The van der Waals surface area contributed by atoms with Crippen molar-refractivity contribution < 1.29 is 53.4 Å². The smallest absolute Gasteiger partial charge is 0.351 e. The van der Waals surface area contributed by atoms with Gasteiger partial charge in [0.25, 0.3) is 0 Å². The van der Waals surface area contributed by atoms with E-state index in [1.165, 1.54) is 26.9 Å². The molecule has 0 radical (unpaired) electrons. The largest absolute Gasteiger partial charge is 0.394 e. The molecule has 2 aliphatic heterocycles. The molecule has 0 bridgehead atoms. The van der Waals surface area contributed by atoms with Gasteiger partial charge in [-0.3, -0.25) is 4.57 Å². The monoisotopic (exact) mass is 640 g/mol. The lowest BCUT2D eigenvalue weighted by molar-refractivity contribution is -0.167. The van der Waals surface area contributed by atoms with Crippen LogP contribution < -0.4 is 11.5 Å². The second kappa shape index (κ2) is 13.0. The van der Waals surface area contributed by atoms with E-state index in [0.717, 1.165) is 0 Å². The van der Waals surface area contributed by atoms with Crippen molar-refractivity contribution in [1.82, 2.24) is 29.1 Å². The number of fused-ring (bicyclic) bond motifs is 2. The van der Waals surface area contributed by atoms with Crippen molar-refractivity contribution in [3.8, 4) is 0 Å². The highest BCUT2D eigenvalue weighted by Gasteiger charge is 2.47. The molecule has 2 saturated heterocycles. The van der Waals surface area contributed by atoms with Gasteiger partial charge in [0.2, 0.25) is 0 Å². The van der Waals surface area contributed by atoms with E-state index in [2.05, 4.69) is 19.9 Å². The van der Waals surface area contributed by atoms with Gasteiger partial charge in [-0.05, 0) is 12.1 Å². The zero-order valence-electron chi connectivity index (χ0n) is 23.5. The average Bonchev–Trinajstić information content (AvgIpc) is 3.75. The summed E-state index contributed by atoms with van der Waals surface area (Å²) in [5.74, 6) is 0.667. The van der Waals surface area contributed by atoms with Crippen LogP contribution in [0.25, 0.3) is 22.1 Å². The molecule has 19 nitrogen and oxygen atoms in total. The fourth-order valence-electron chi connectivity index (χ4n) is 5.15. The molecule has 0 amide bonds. The number of methoxy groups -OCH3 is 2. The number of hydrogen-bond acceptors (Lipinski definition) is 15. The quantitative estimate of drug-likeness (QED) is 0.110. The minimum absolute atomic E-state index is 0.284. The maximum Gasteiger partial charge on any atom is 0.351 e. The molecule has 44 heavy (non-hydrogen) atoms. The van der Waals surface area contributed by atoms with Crippen molar-refractivity contribution in [2.45, 2.75) is 49.3 Å². The van der Waals surface area contributed by atoms with E-state index < -0.39 is 63.2 Å². The van der Waals surface area contributed by atoms with Gasteiger partial charge in [-0.1, -0.05) is 0 Å². The summed E-state index contributed by atoms with van der Waals surface area (Å²) in [6.07, 6.45) is -1.77. The van der Waals surface area contributed by atoms with E-state index in [1.807, 2.05) is 0 Å². The number of nitrogen functional groups attached to an aromatic ring is 2. The summed E-state index contributed by atoms with van der Waals surface area (Å²) in [5.41, 5.74) is 12.6. The van der Waals surface area contributed by atoms with Crippen LogP contribution in [0.4, 0.5) is 11.6 Å². The molecule has 0 saturated carbocycles. The molecule has 8 atom stereocenters. The van der Waals surface area contributed by atoms with E-state index in [9.17, 15) is 19.9 Å². The highest BCUT2D eigenvalue weighted by molar-refractivity contribution is 7.51. The average molecular weight is 641 g/mol. The van der Waals surface area contributed by atoms with E-state index in [1.54, 1.807) is 33.7 Å². The molecule has 0 aliphatic carbocycles. The number of rotatable bonds is 8. The van der Waals surface area contributed by atoms with E-state index in [-0.39, 0.29) is 6.61 Å². The first kappa shape index (κ1) is 32.1. The Kier molecular flexibility index (Phi) is 9.44. The summed E-state index contributed by atoms with van der Waals surface area (Å²) in [7, 11) is -1.53. The number of aromatic nitrogens is 6. The van der Waals surface area contributed by atoms with Crippen LogP contribution in [0.3, 0.4) is 0 Å². The van der Waals surface area contributed by atoms with E-state index in [0.29, 0.717) is 33.7 Å². The van der Waals surface area contributed by atoms with Gasteiger partial charge in [0.05, 0.1) is 17.4 Å². The highest BCUT2D eigenvalue weighted by atomic mass is 31.2. The van der Waals surface area contributed by atoms with Crippen LogP contribution in [0.15, 0.2) is 37.2 Å². The van der Waals surface area contributed by atoms with Crippen LogP contribution in [0.1, 0.15) is 12.5 Å². The lowest BCUT2D eigenvalue weighted by Gasteiger charge is -2.20. The van der Waals surface area contributed by atoms with Gasteiger partial charge < -0.3 is 69.4 Å². The van der Waals surface area contributed by atoms with Gasteiger partial charge in [-0.15, -0.1) is 0 Å². The van der Waals surface area contributed by atoms with Gasteiger partial charge in [0.1, 0.15) is 66.1 Å². The van der Waals surface area contributed by atoms with Gasteiger partial charge in [0.15, 0.2) is 25.1 Å². The number of aliphatic hydroxyl groups excluding tert-OH is 3. The number of anilines is 2. The summed E-state index contributed by atoms with van der Waals surface area (Å²) in [4.78, 5) is 33.9. The molecule has 2 fully saturated rings. The third-order valence-electron chi connectivity index (χ3n) is 7.24. The molecule has 20 heteroatoms. The minimum atomic E-state index is -4.40. The Morgan fingerprint density at radius 3 is 1.84 bits per heavy atom. The molecular formula is C24H33N8O11P. The SMILES string of the molecule is CO[C@H]1C(O)[C@@H](CO)O[C@H]1n1ccc2c(N)ncnc21.CO[C@H]1C(O)[C@@H](OCP(=O)(O)O)O[C@H]1n1ccc2c(N)ncnc21. The molecular weight excluding hydrogens is 607 g/mol. The molecule has 6 rings (SSSR count). The zero-order chi connectivity index (χ0) is 31.8. The molecule has 9 N–H and O–H groups in total. The van der Waals surface area contributed by atoms with Crippen molar-refractivity contribution in [3.63, 3.8) is 0 Å². The van der Waals surface area contributed by atoms with Crippen LogP contribution in [0.5, 0.6) is 0 Å². The van der Waals surface area contributed by atoms with Crippen molar-refractivity contribution in [2.24, 2.45) is 0 Å². The van der Waals surface area contributed by atoms with Crippen LogP contribution in [-0.2, 0) is 28.2 Å². The summed E-state index contributed by atoms with van der Waals surface area (Å²) < 4.78 is 41.0. The number of nitrogens with two attached hydrogens (primary N) is 2. The predicted molar refractivity (Wildman–Crippen MR) is 150 cm³/mol. The molecule has 4 aromatic heterocycles. The lowest BCUT2D eigenvalue weighted by Crippen LogP contribution is -2.34. The standard InChI is InChI=1S/C12H17N4O7P.C12H16N4O4/c1-21-8-7(17)12(22-5-24(18,19)20)23-11(8)16-3-2-6-9(13)14-4-15-10(6)16;1-19-9-8(18)7(4-17)20-12(9)16-3-2-6-10(13)14-5-15-11(6)16/h2-4,7-8,11-12,17H,5H2,1H3,(H2,13,14,15)(H2,18,19,20);2-3,5,7-9,12,17-18H,4H2,1H3,(H2,13,14,15)/t7?,8-,11+,12-;7-,8?,9+,12-/m01/s1. The summed E-state index contributed by atoms with van der Waals surface area (Å²) in [6, 6.07) is 3.47. The van der Waals surface area contributed by atoms with Crippen molar-refractivity contribution in [1.29, 1.82) is 0 Å². The summed E-state index contributed by atoms with van der Waals surface area (Å²) in [5, 5.41) is 30.8. The predicted octanol–water partition coefficient (Wildman–Crippen LogP) is -1.32. The first-order chi connectivity index (χ1) is 21.0. The Balaban J connectivity index is 0.000000177. The fourth-order valence-corrected chi connectivity index (χ4v) is 5.49. The Labute approximate surface area is 249 Å². The van der Waals surface area contributed by atoms with Crippen LogP contribution >= 0.6 is 7.60 Å². The minimum Gasteiger partial charge on any atom is -0.394 e. The third-order valence-corrected chi connectivity index (χ3v) is 7.73.